The van der Waals surface area contributed by atoms with Crippen molar-refractivity contribution in [1.29, 1.82) is 0 Å². The monoisotopic (exact) mass is 300 g/mol. The minimum atomic E-state index is 0.388. The van der Waals surface area contributed by atoms with Gasteiger partial charge in [-0.25, -0.2) is 4.42 Å². The molecule has 0 amide bonds. The number of rotatable bonds is 4. The fourth-order valence-corrected chi connectivity index (χ4v) is 2.50. The van der Waals surface area contributed by atoms with Crippen molar-refractivity contribution in [3.63, 3.8) is 0 Å². The number of halogens is 1. The van der Waals surface area contributed by atoms with Gasteiger partial charge in [-0.15, -0.1) is 0 Å². The SMILES string of the molecule is CC(C)Cc1ccc2oc(N(Cl)c3ccccc3)nc2c1. The first-order valence-corrected chi connectivity index (χ1v) is 7.37. The molecule has 0 spiro atoms. The van der Waals surface area contributed by atoms with Crippen LogP contribution in [0.5, 0.6) is 0 Å². The van der Waals surface area contributed by atoms with E-state index in [2.05, 4.69) is 31.0 Å². The molecule has 108 valence electrons. The molecule has 0 aliphatic rings. The third-order valence-electron chi connectivity index (χ3n) is 3.24. The van der Waals surface area contributed by atoms with Gasteiger partial charge < -0.3 is 4.42 Å². The number of hydrogen-bond donors (Lipinski definition) is 0. The number of fused-ring (bicyclic) bond motifs is 1. The van der Waals surface area contributed by atoms with Gasteiger partial charge in [0.15, 0.2) is 5.58 Å². The zero-order chi connectivity index (χ0) is 14.8. The summed E-state index contributed by atoms with van der Waals surface area (Å²) in [6.45, 7) is 4.41. The van der Waals surface area contributed by atoms with Crippen LogP contribution in [0.3, 0.4) is 0 Å². The second-order valence-electron chi connectivity index (χ2n) is 5.51. The summed E-state index contributed by atoms with van der Waals surface area (Å²) in [7, 11) is 0. The van der Waals surface area contributed by atoms with Crippen LogP contribution in [-0.2, 0) is 6.42 Å². The fraction of sp³-hybridized carbons (Fsp3) is 0.235. The molecular formula is C17H17ClN2O. The van der Waals surface area contributed by atoms with Crippen molar-refractivity contribution in [2.24, 2.45) is 5.92 Å². The molecule has 1 aromatic heterocycles. The minimum Gasteiger partial charge on any atom is -0.422 e. The maximum atomic E-state index is 6.30. The molecule has 21 heavy (non-hydrogen) atoms. The summed E-state index contributed by atoms with van der Waals surface area (Å²) in [4.78, 5) is 4.48. The summed E-state index contributed by atoms with van der Waals surface area (Å²) in [5, 5.41) is 0. The Labute approximate surface area is 129 Å². The lowest BCUT2D eigenvalue weighted by Gasteiger charge is -2.09. The second-order valence-corrected chi connectivity index (χ2v) is 5.85. The second kappa shape index (κ2) is 5.78. The van der Waals surface area contributed by atoms with E-state index >= 15 is 0 Å². The van der Waals surface area contributed by atoms with Crippen molar-refractivity contribution in [1.82, 2.24) is 4.98 Å². The lowest BCUT2D eigenvalue weighted by Crippen LogP contribution is -2.01. The molecule has 0 bridgehead atoms. The van der Waals surface area contributed by atoms with Gasteiger partial charge in [0.05, 0.1) is 5.69 Å². The summed E-state index contributed by atoms with van der Waals surface area (Å²) in [6.07, 6.45) is 1.03. The lowest BCUT2D eigenvalue weighted by atomic mass is 10.0. The first-order valence-electron chi connectivity index (χ1n) is 7.04. The highest BCUT2D eigenvalue weighted by molar-refractivity contribution is 6.28. The fourth-order valence-electron chi connectivity index (χ4n) is 2.31. The van der Waals surface area contributed by atoms with Crippen molar-refractivity contribution in [3.05, 3.63) is 54.1 Å². The van der Waals surface area contributed by atoms with Gasteiger partial charge in [0.25, 0.3) is 0 Å². The van der Waals surface area contributed by atoms with E-state index in [0.29, 0.717) is 11.9 Å². The van der Waals surface area contributed by atoms with Crippen molar-refractivity contribution in [3.8, 4) is 0 Å². The number of benzene rings is 2. The molecule has 1 heterocycles. The maximum Gasteiger partial charge on any atom is 0.318 e. The van der Waals surface area contributed by atoms with Gasteiger partial charge in [-0.05, 0) is 42.2 Å². The average Bonchev–Trinajstić information content (AvgIpc) is 2.90. The van der Waals surface area contributed by atoms with Gasteiger partial charge >= 0.3 is 6.01 Å². The predicted octanol–water partition coefficient (Wildman–Crippen LogP) is 5.32. The number of anilines is 2. The van der Waals surface area contributed by atoms with Crippen LogP contribution in [0.2, 0.25) is 0 Å². The first-order chi connectivity index (χ1) is 10.1. The van der Waals surface area contributed by atoms with Crippen LogP contribution in [0, 0.1) is 5.92 Å². The van der Waals surface area contributed by atoms with Crippen molar-refractivity contribution < 1.29 is 4.42 Å². The summed E-state index contributed by atoms with van der Waals surface area (Å²) >= 11 is 6.30. The van der Waals surface area contributed by atoms with Crippen LogP contribution in [-0.4, -0.2) is 4.98 Å². The molecule has 0 N–H and O–H groups in total. The summed E-state index contributed by atoms with van der Waals surface area (Å²) in [5.74, 6) is 0.614. The quantitative estimate of drug-likeness (QED) is 0.611. The Hall–Kier alpha value is -2.00. The van der Waals surface area contributed by atoms with E-state index in [0.717, 1.165) is 23.2 Å². The lowest BCUT2D eigenvalue weighted by molar-refractivity contribution is 0.613. The van der Waals surface area contributed by atoms with Crippen LogP contribution in [0.25, 0.3) is 11.1 Å². The average molecular weight is 301 g/mol. The molecule has 0 atom stereocenters. The Morgan fingerprint density at radius 1 is 1.14 bits per heavy atom. The van der Waals surface area contributed by atoms with Crippen LogP contribution < -0.4 is 4.42 Å². The van der Waals surface area contributed by atoms with Crippen molar-refractivity contribution in [2.45, 2.75) is 20.3 Å². The third-order valence-corrected chi connectivity index (χ3v) is 3.58. The molecule has 3 rings (SSSR count). The molecule has 3 aromatic rings. The highest BCUT2D eigenvalue weighted by Crippen LogP contribution is 2.30. The number of aromatic nitrogens is 1. The highest BCUT2D eigenvalue weighted by Gasteiger charge is 2.14. The van der Waals surface area contributed by atoms with Gasteiger partial charge in [-0.2, -0.15) is 4.98 Å². The van der Waals surface area contributed by atoms with E-state index in [4.69, 9.17) is 16.2 Å². The molecule has 3 nitrogen and oxygen atoms in total. The van der Waals surface area contributed by atoms with Gasteiger partial charge in [0.1, 0.15) is 5.52 Å². The van der Waals surface area contributed by atoms with Gasteiger partial charge in [-0.1, -0.05) is 38.1 Å². The third kappa shape index (κ3) is 3.03. The Morgan fingerprint density at radius 3 is 2.62 bits per heavy atom. The molecule has 4 heteroatoms. The first kappa shape index (κ1) is 14.0. The zero-order valence-electron chi connectivity index (χ0n) is 12.1. The Balaban J connectivity index is 1.94. The largest absolute Gasteiger partial charge is 0.422 e. The van der Waals surface area contributed by atoms with E-state index in [9.17, 15) is 0 Å². The number of oxazole rings is 1. The van der Waals surface area contributed by atoms with E-state index in [1.807, 2.05) is 36.4 Å². The summed E-state index contributed by atoms with van der Waals surface area (Å²) in [5.41, 5.74) is 3.68. The van der Waals surface area contributed by atoms with Gasteiger partial charge in [0.2, 0.25) is 0 Å². The van der Waals surface area contributed by atoms with E-state index in [1.165, 1.54) is 9.98 Å². The van der Waals surface area contributed by atoms with E-state index in [1.54, 1.807) is 0 Å². The normalized spacial score (nSPS) is 11.2. The molecule has 0 fully saturated rings. The smallest absolute Gasteiger partial charge is 0.318 e. The molecular weight excluding hydrogens is 284 g/mol. The molecule has 0 saturated heterocycles. The van der Waals surface area contributed by atoms with Crippen LogP contribution in [0.1, 0.15) is 19.4 Å². The minimum absolute atomic E-state index is 0.388. The van der Waals surface area contributed by atoms with E-state index < -0.39 is 0 Å². The summed E-state index contributed by atoms with van der Waals surface area (Å²) in [6, 6.07) is 16.1. The van der Waals surface area contributed by atoms with E-state index in [-0.39, 0.29) is 0 Å². The molecule has 0 unspecified atom stereocenters. The van der Waals surface area contributed by atoms with Gasteiger partial charge in [0, 0.05) is 11.8 Å². The topological polar surface area (TPSA) is 29.3 Å². The maximum absolute atomic E-state index is 6.30. The number of hydrogen-bond acceptors (Lipinski definition) is 3. The highest BCUT2D eigenvalue weighted by atomic mass is 35.5. The zero-order valence-corrected chi connectivity index (χ0v) is 12.8. The van der Waals surface area contributed by atoms with Gasteiger partial charge in [-0.3, -0.25) is 0 Å². The van der Waals surface area contributed by atoms with Crippen molar-refractivity contribution in [2.75, 3.05) is 4.42 Å². The number of para-hydroxylation sites is 1. The molecule has 0 radical (unpaired) electrons. The molecule has 0 aliphatic heterocycles. The van der Waals surface area contributed by atoms with Crippen LogP contribution >= 0.6 is 11.8 Å². The van der Waals surface area contributed by atoms with Crippen LogP contribution in [0.4, 0.5) is 11.7 Å². The van der Waals surface area contributed by atoms with Crippen molar-refractivity contribution >= 4 is 34.6 Å². The molecule has 2 aromatic carbocycles. The predicted molar refractivity (Wildman–Crippen MR) is 87.0 cm³/mol. The number of nitrogens with zero attached hydrogens (tertiary/aromatic N) is 2. The standard InChI is InChI=1S/C17H17ClN2O/c1-12(2)10-13-8-9-16-15(11-13)19-17(21-16)20(18)14-6-4-3-5-7-14/h3-9,11-12H,10H2,1-2H3. The van der Waals surface area contributed by atoms with Crippen LogP contribution in [0.15, 0.2) is 52.9 Å². The Morgan fingerprint density at radius 2 is 1.90 bits per heavy atom. The Bertz CT molecular complexity index is 737. The molecule has 0 aliphatic carbocycles. The summed E-state index contributed by atoms with van der Waals surface area (Å²) < 4.78 is 7.16. The Kier molecular flexibility index (Phi) is 3.84. The molecule has 0 saturated carbocycles.